The largest absolute Gasteiger partial charge is 0.365 e. The number of aromatic nitrogens is 1. The number of amides is 1. The number of pyridine rings is 1. The number of hydrogen-bond acceptors (Lipinski definition) is 5. The number of anilines is 1. The zero-order valence-electron chi connectivity index (χ0n) is 11.1. The van der Waals surface area contributed by atoms with Crippen LogP contribution >= 0.6 is 0 Å². The van der Waals surface area contributed by atoms with E-state index in [1.807, 2.05) is 11.0 Å². The van der Waals surface area contributed by atoms with Gasteiger partial charge in [-0.05, 0) is 25.0 Å². The number of carbonyl (C=O) groups excluding carboxylic acids is 1. The Morgan fingerprint density at radius 3 is 3.15 bits per heavy atom. The topological polar surface area (TPSA) is 78.2 Å². The highest BCUT2D eigenvalue weighted by Crippen LogP contribution is 2.22. The van der Waals surface area contributed by atoms with E-state index in [9.17, 15) is 4.79 Å². The van der Waals surface area contributed by atoms with Crippen molar-refractivity contribution in [3.63, 3.8) is 0 Å². The summed E-state index contributed by atoms with van der Waals surface area (Å²) in [6.45, 7) is 1.59. The highest BCUT2D eigenvalue weighted by Gasteiger charge is 2.31. The van der Waals surface area contributed by atoms with E-state index in [2.05, 4.69) is 16.4 Å². The molecule has 1 aromatic rings. The lowest BCUT2D eigenvalue weighted by molar-refractivity contribution is -0.133. The molecule has 0 spiro atoms. The molecule has 2 fully saturated rings. The minimum atomic E-state index is -0.476. The predicted molar refractivity (Wildman–Crippen MR) is 72.1 cm³/mol. The van der Waals surface area contributed by atoms with E-state index < -0.39 is 6.10 Å². The van der Waals surface area contributed by atoms with Crippen molar-refractivity contribution in [3.05, 3.63) is 24.0 Å². The Kier molecular flexibility index (Phi) is 3.52. The summed E-state index contributed by atoms with van der Waals surface area (Å²) >= 11 is 0. The van der Waals surface area contributed by atoms with E-state index in [1.54, 1.807) is 12.3 Å². The highest BCUT2D eigenvalue weighted by atomic mass is 16.5. The lowest BCUT2D eigenvalue weighted by Gasteiger charge is -2.33. The molecule has 6 heteroatoms. The van der Waals surface area contributed by atoms with Crippen molar-refractivity contribution < 1.29 is 9.53 Å². The molecule has 20 heavy (non-hydrogen) atoms. The molecule has 1 saturated carbocycles. The van der Waals surface area contributed by atoms with Gasteiger partial charge in [-0.1, -0.05) is 0 Å². The fourth-order valence-electron chi connectivity index (χ4n) is 2.29. The van der Waals surface area contributed by atoms with E-state index in [0.29, 0.717) is 31.4 Å². The molecule has 0 bridgehead atoms. The molecule has 1 amide bonds. The first kappa shape index (κ1) is 12.9. The van der Waals surface area contributed by atoms with Crippen LogP contribution in [0.4, 0.5) is 5.69 Å². The first-order chi connectivity index (χ1) is 9.78. The summed E-state index contributed by atoms with van der Waals surface area (Å²) in [4.78, 5) is 18.1. The van der Waals surface area contributed by atoms with Gasteiger partial charge in [-0.25, -0.2) is 4.98 Å². The van der Waals surface area contributed by atoms with Crippen molar-refractivity contribution in [2.75, 3.05) is 24.6 Å². The van der Waals surface area contributed by atoms with E-state index in [0.717, 1.165) is 18.5 Å². The Bertz CT molecular complexity index is 550. The van der Waals surface area contributed by atoms with Crippen molar-refractivity contribution >= 4 is 11.6 Å². The third kappa shape index (κ3) is 2.73. The van der Waals surface area contributed by atoms with Gasteiger partial charge in [-0.2, -0.15) is 5.26 Å². The first-order valence-corrected chi connectivity index (χ1v) is 6.80. The smallest absolute Gasteiger partial charge is 0.251 e. The van der Waals surface area contributed by atoms with Gasteiger partial charge < -0.3 is 15.0 Å². The lowest BCUT2D eigenvalue weighted by Crippen LogP contribution is -2.50. The van der Waals surface area contributed by atoms with Crippen LogP contribution in [-0.2, 0) is 9.53 Å². The number of morpholine rings is 1. The summed E-state index contributed by atoms with van der Waals surface area (Å²) in [7, 11) is 0. The van der Waals surface area contributed by atoms with Gasteiger partial charge in [0.2, 0.25) is 0 Å². The zero-order chi connectivity index (χ0) is 13.9. The van der Waals surface area contributed by atoms with Gasteiger partial charge in [-0.3, -0.25) is 4.79 Å². The van der Waals surface area contributed by atoms with Gasteiger partial charge in [0.15, 0.2) is 11.8 Å². The number of nitriles is 1. The van der Waals surface area contributed by atoms with Crippen LogP contribution in [0.15, 0.2) is 18.3 Å². The van der Waals surface area contributed by atoms with Crippen LogP contribution in [0.5, 0.6) is 0 Å². The van der Waals surface area contributed by atoms with Crippen molar-refractivity contribution in [1.82, 2.24) is 10.3 Å². The maximum Gasteiger partial charge on any atom is 0.251 e. The molecule has 1 N–H and O–H groups in total. The van der Waals surface area contributed by atoms with Crippen LogP contribution in [0.1, 0.15) is 18.5 Å². The highest BCUT2D eigenvalue weighted by molar-refractivity contribution is 5.82. The van der Waals surface area contributed by atoms with E-state index in [-0.39, 0.29) is 5.91 Å². The summed E-state index contributed by atoms with van der Waals surface area (Å²) in [6, 6.07) is 6.06. The van der Waals surface area contributed by atoms with Crippen LogP contribution in [0.3, 0.4) is 0 Å². The minimum Gasteiger partial charge on any atom is -0.365 e. The zero-order valence-corrected chi connectivity index (χ0v) is 11.1. The summed E-state index contributed by atoms with van der Waals surface area (Å²) < 4.78 is 5.54. The molecule has 104 valence electrons. The molecule has 3 rings (SSSR count). The van der Waals surface area contributed by atoms with E-state index in [1.165, 1.54) is 0 Å². The number of carbonyl (C=O) groups is 1. The molecule has 2 aliphatic rings. The van der Waals surface area contributed by atoms with E-state index in [4.69, 9.17) is 10.00 Å². The van der Waals surface area contributed by atoms with Crippen LogP contribution in [0.25, 0.3) is 0 Å². The van der Waals surface area contributed by atoms with Crippen LogP contribution in [0, 0.1) is 11.3 Å². The van der Waals surface area contributed by atoms with Crippen molar-refractivity contribution in [1.29, 1.82) is 5.26 Å². The third-order valence-corrected chi connectivity index (χ3v) is 3.52. The Hall–Kier alpha value is -2.13. The van der Waals surface area contributed by atoms with Gasteiger partial charge in [-0.15, -0.1) is 0 Å². The van der Waals surface area contributed by atoms with Crippen LogP contribution < -0.4 is 10.2 Å². The molecule has 1 saturated heterocycles. The number of nitrogens with one attached hydrogen (secondary N) is 1. The van der Waals surface area contributed by atoms with Gasteiger partial charge >= 0.3 is 0 Å². The number of rotatable bonds is 3. The van der Waals surface area contributed by atoms with Crippen molar-refractivity contribution in [2.45, 2.75) is 25.0 Å². The van der Waals surface area contributed by atoms with E-state index >= 15 is 0 Å². The molecule has 1 aromatic heterocycles. The Balaban J connectivity index is 1.71. The van der Waals surface area contributed by atoms with Crippen LogP contribution in [0.2, 0.25) is 0 Å². The van der Waals surface area contributed by atoms with Gasteiger partial charge in [0.25, 0.3) is 5.91 Å². The second kappa shape index (κ2) is 5.47. The predicted octanol–water partition coefficient (Wildman–Crippen LogP) is 0.437. The number of hydrogen-bond donors (Lipinski definition) is 1. The maximum absolute atomic E-state index is 12.0. The number of nitrogens with zero attached hydrogens (tertiary/aromatic N) is 3. The molecule has 2 heterocycles. The Labute approximate surface area is 117 Å². The summed E-state index contributed by atoms with van der Waals surface area (Å²) in [5.74, 6) is -0.0559. The first-order valence-electron chi connectivity index (χ1n) is 6.80. The average molecular weight is 272 g/mol. The Morgan fingerprint density at radius 2 is 2.40 bits per heavy atom. The summed E-state index contributed by atoms with van der Waals surface area (Å²) in [5.41, 5.74) is 1.15. The quantitative estimate of drug-likeness (QED) is 0.863. The molecule has 6 nitrogen and oxygen atoms in total. The van der Waals surface area contributed by atoms with Gasteiger partial charge in [0, 0.05) is 18.8 Å². The molecule has 1 aliphatic carbocycles. The van der Waals surface area contributed by atoms with Crippen molar-refractivity contribution in [3.8, 4) is 6.07 Å². The summed E-state index contributed by atoms with van der Waals surface area (Å²) in [5, 5.41) is 12.1. The average Bonchev–Trinajstić information content (AvgIpc) is 3.31. The number of ether oxygens (including phenoxy) is 1. The molecule has 0 radical (unpaired) electrons. The fraction of sp³-hybridized carbons (Fsp3) is 0.500. The van der Waals surface area contributed by atoms with Gasteiger partial charge in [0.05, 0.1) is 18.8 Å². The second-order valence-corrected chi connectivity index (χ2v) is 5.07. The minimum absolute atomic E-state index is 0.0559. The normalized spacial score (nSPS) is 22.1. The Morgan fingerprint density at radius 1 is 1.55 bits per heavy atom. The molecule has 1 aliphatic heterocycles. The maximum atomic E-state index is 12.0. The molecule has 1 atom stereocenters. The van der Waals surface area contributed by atoms with Crippen LogP contribution in [-0.4, -0.2) is 42.7 Å². The standard InChI is InChI=1S/C14H16N4O2/c15-8-11-12(2-1-5-16-11)18-6-7-20-13(9-18)14(19)17-10-3-4-10/h1-2,5,10,13H,3-4,6-7,9H2,(H,17,19). The molecule has 0 aromatic carbocycles. The molecule has 1 unspecified atom stereocenters. The molecular weight excluding hydrogens is 256 g/mol. The van der Waals surface area contributed by atoms with Crippen molar-refractivity contribution in [2.24, 2.45) is 0 Å². The monoisotopic (exact) mass is 272 g/mol. The fourth-order valence-corrected chi connectivity index (χ4v) is 2.29. The third-order valence-electron chi connectivity index (χ3n) is 3.52. The SMILES string of the molecule is N#Cc1ncccc1N1CCOC(C(=O)NC2CC2)C1. The lowest BCUT2D eigenvalue weighted by atomic mass is 10.2. The summed E-state index contributed by atoms with van der Waals surface area (Å²) in [6.07, 6.45) is 3.24. The molecular formula is C14H16N4O2. The van der Waals surface area contributed by atoms with Gasteiger partial charge in [0.1, 0.15) is 6.07 Å². The second-order valence-electron chi connectivity index (χ2n) is 5.07.